The first kappa shape index (κ1) is 15.4. The van der Waals surface area contributed by atoms with E-state index in [9.17, 15) is 0 Å². The van der Waals surface area contributed by atoms with Crippen LogP contribution in [0.4, 0.5) is 0 Å². The molecule has 1 nitrogen and oxygen atoms in total. The summed E-state index contributed by atoms with van der Waals surface area (Å²) in [6.07, 6.45) is 3.84. The summed E-state index contributed by atoms with van der Waals surface area (Å²) in [5, 5.41) is 4.46. The molecule has 1 aromatic rings. The molecule has 1 aliphatic carbocycles. The van der Waals surface area contributed by atoms with Crippen LogP contribution in [0, 0.1) is 5.41 Å². The van der Waals surface area contributed by atoms with Crippen molar-refractivity contribution in [1.29, 1.82) is 0 Å². The van der Waals surface area contributed by atoms with Gasteiger partial charge < -0.3 is 5.32 Å². The zero-order chi connectivity index (χ0) is 13.9. The minimum atomic E-state index is 0.416. The molecule has 1 fully saturated rings. The lowest BCUT2D eigenvalue weighted by Gasteiger charge is -2.31. The molecule has 1 aliphatic rings. The average molecular weight is 342 g/mol. The van der Waals surface area contributed by atoms with Gasteiger partial charge in [0.05, 0.1) is 0 Å². The van der Waals surface area contributed by atoms with E-state index in [1.54, 1.807) is 0 Å². The minimum Gasteiger partial charge on any atom is -0.312 e. The van der Waals surface area contributed by atoms with Crippen LogP contribution in [0.3, 0.4) is 0 Å². The van der Waals surface area contributed by atoms with E-state index in [0.717, 1.165) is 6.54 Å². The van der Waals surface area contributed by atoms with E-state index in [-0.39, 0.29) is 0 Å². The second kappa shape index (κ2) is 6.64. The first-order valence-electron chi connectivity index (χ1n) is 7.18. The fraction of sp³-hybridized carbons (Fsp3) is 0.625. The Balaban J connectivity index is 2.06. The van der Waals surface area contributed by atoms with Gasteiger partial charge in [0.1, 0.15) is 0 Å². The molecule has 106 valence electrons. The van der Waals surface area contributed by atoms with Gasteiger partial charge in [-0.3, -0.25) is 0 Å². The molecule has 1 N–H and O–H groups in total. The van der Waals surface area contributed by atoms with Gasteiger partial charge in [-0.15, -0.1) is 11.8 Å². The van der Waals surface area contributed by atoms with Gasteiger partial charge in [0, 0.05) is 20.7 Å². The van der Waals surface area contributed by atoms with Crippen molar-refractivity contribution in [2.45, 2.75) is 56.2 Å². The third kappa shape index (κ3) is 3.99. The van der Waals surface area contributed by atoms with Gasteiger partial charge in [-0.2, -0.15) is 0 Å². The SMILES string of the molecule is CCCNC1C(Sc2cccc(Br)c2)CCC1(C)C. The highest BCUT2D eigenvalue weighted by Crippen LogP contribution is 2.45. The highest BCUT2D eigenvalue weighted by molar-refractivity contribution is 9.10. The Kier molecular flexibility index (Phi) is 5.38. The molecule has 2 unspecified atom stereocenters. The van der Waals surface area contributed by atoms with Crippen molar-refractivity contribution in [1.82, 2.24) is 5.32 Å². The molecule has 0 bridgehead atoms. The summed E-state index contributed by atoms with van der Waals surface area (Å²) in [6.45, 7) is 8.18. The van der Waals surface area contributed by atoms with Crippen LogP contribution in [0.15, 0.2) is 33.6 Å². The molecule has 0 aliphatic heterocycles. The van der Waals surface area contributed by atoms with Gasteiger partial charge >= 0.3 is 0 Å². The molecule has 19 heavy (non-hydrogen) atoms. The van der Waals surface area contributed by atoms with Crippen molar-refractivity contribution < 1.29 is 0 Å². The van der Waals surface area contributed by atoms with Crippen LogP contribution < -0.4 is 5.32 Å². The molecule has 0 aromatic heterocycles. The van der Waals surface area contributed by atoms with E-state index in [1.807, 2.05) is 11.8 Å². The topological polar surface area (TPSA) is 12.0 Å². The molecule has 0 heterocycles. The van der Waals surface area contributed by atoms with E-state index in [2.05, 4.69) is 66.3 Å². The second-order valence-corrected chi connectivity index (χ2v) is 8.30. The van der Waals surface area contributed by atoms with Gasteiger partial charge in [-0.1, -0.05) is 42.8 Å². The minimum absolute atomic E-state index is 0.416. The monoisotopic (exact) mass is 341 g/mol. The van der Waals surface area contributed by atoms with E-state index >= 15 is 0 Å². The molecule has 0 amide bonds. The van der Waals surface area contributed by atoms with Crippen LogP contribution in [-0.2, 0) is 0 Å². The average Bonchev–Trinajstić information content (AvgIpc) is 2.62. The number of rotatable bonds is 5. The quantitative estimate of drug-likeness (QED) is 0.799. The maximum atomic E-state index is 3.77. The number of hydrogen-bond acceptors (Lipinski definition) is 2. The number of nitrogens with one attached hydrogen (secondary N) is 1. The zero-order valence-corrected chi connectivity index (χ0v) is 14.5. The highest BCUT2D eigenvalue weighted by atomic mass is 79.9. The van der Waals surface area contributed by atoms with Crippen molar-refractivity contribution in [3.63, 3.8) is 0 Å². The molecular formula is C16H24BrNS. The van der Waals surface area contributed by atoms with E-state index in [0.29, 0.717) is 16.7 Å². The first-order chi connectivity index (χ1) is 9.03. The van der Waals surface area contributed by atoms with Crippen molar-refractivity contribution in [2.75, 3.05) is 6.54 Å². The first-order valence-corrected chi connectivity index (χ1v) is 8.86. The Morgan fingerprint density at radius 2 is 2.21 bits per heavy atom. The summed E-state index contributed by atoms with van der Waals surface area (Å²) in [7, 11) is 0. The normalized spacial score (nSPS) is 25.7. The molecule has 1 aromatic carbocycles. The van der Waals surface area contributed by atoms with Gasteiger partial charge in [0.15, 0.2) is 0 Å². The van der Waals surface area contributed by atoms with E-state index < -0.39 is 0 Å². The van der Waals surface area contributed by atoms with Crippen LogP contribution >= 0.6 is 27.7 Å². The molecule has 0 saturated heterocycles. The summed E-state index contributed by atoms with van der Waals surface area (Å²) in [5.74, 6) is 0. The predicted octanol–water partition coefficient (Wildman–Crippen LogP) is 5.10. The molecule has 0 radical (unpaired) electrons. The smallest absolute Gasteiger partial charge is 0.0253 e. The Hall–Kier alpha value is 0.01000. The van der Waals surface area contributed by atoms with Crippen LogP contribution in [0.1, 0.15) is 40.0 Å². The molecule has 0 spiro atoms. The number of thioether (sulfide) groups is 1. The Morgan fingerprint density at radius 3 is 2.89 bits per heavy atom. The van der Waals surface area contributed by atoms with Crippen LogP contribution in [0.25, 0.3) is 0 Å². The summed E-state index contributed by atoms with van der Waals surface area (Å²) in [5.41, 5.74) is 0.416. The van der Waals surface area contributed by atoms with Gasteiger partial charge in [0.25, 0.3) is 0 Å². The molecule has 2 rings (SSSR count). The zero-order valence-electron chi connectivity index (χ0n) is 12.1. The third-order valence-electron chi connectivity index (χ3n) is 3.98. The van der Waals surface area contributed by atoms with Gasteiger partial charge in [0.2, 0.25) is 0 Å². The van der Waals surface area contributed by atoms with Gasteiger partial charge in [-0.25, -0.2) is 0 Å². The largest absolute Gasteiger partial charge is 0.312 e. The summed E-state index contributed by atoms with van der Waals surface area (Å²) < 4.78 is 1.17. The molecule has 3 heteroatoms. The Morgan fingerprint density at radius 1 is 1.42 bits per heavy atom. The van der Waals surface area contributed by atoms with Crippen molar-refractivity contribution in [2.24, 2.45) is 5.41 Å². The third-order valence-corrected chi connectivity index (χ3v) is 5.81. The summed E-state index contributed by atoms with van der Waals surface area (Å²) >= 11 is 5.60. The van der Waals surface area contributed by atoms with E-state index in [1.165, 1.54) is 28.6 Å². The Labute approximate surface area is 130 Å². The number of benzene rings is 1. The van der Waals surface area contributed by atoms with Crippen LogP contribution in [-0.4, -0.2) is 17.8 Å². The summed E-state index contributed by atoms with van der Waals surface area (Å²) in [6, 6.07) is 9.29. The van der Waals surface area contributed by atoms with E-state index in [4.69, 9.17) is 0 Å². The summed E-state index contributed by atoms with van der Waals surface area (Å²) in [4.78, 5) is 1.38. The molecule has 1 saturated carbocycles. The molecule has 2 atom stereocenters. The second-order valence-electron chi connectivity index (χ2n) is 6.07. The maximum absolute atomic E-state index is 3.77. The highest BCUT2D eigenvalue weighted by Gasteiger charge is 2.41. The number of halogens is 1. The maximum Gasteiger partial charge on any atom is 0.0253 e. The van der Waals surface area contributed by atoms with Gasteiger partial charge in [-0.05, 0) is 49.4 Å². The lowest BCUT2D eigenvalue weighted by Crippen LogP contribution is -2.43. The Bertz CT molecular complexity index is 419. The van der Waals surface area contributed by atoms with Crippen molar-refractivity contribution in [3.8, 4) is 0 Å². The van der Waals surface area contributed by atoms with Crippen LogP contribution in [0.5, 0.6) is 0 Å². The predicted molar refractivity (Wildman–Crippen MR) is 88.9 cm³/mol. The van der Waals surface area contributed by atoms with Crippen molar-refractivity contribution >= 4 is 27.7 Å². The van der Waals surface area contributed by atoms with Crippen molar-refractivity contribution in [3.05, 3.63) is 28.7 Å². The number of hydrogen-bond donors (Lipinski definition) is 1. The van der Waals surface area contributed by atoms with Crippen LogP contribution in [0.2, 0.25) is 0 Å². The fourth-order valence-electron chi connectivity index (χ4n) is 2.89. The standard InChI is InChI=1S/C16H24BrNS/c1-4-10-18-15-14(8-9-16(15,2)3)19-13-7-5-6-12(17)11-13/h5-7,11,14-15,18H,4,8-10H2,1-3H3. The lowest BCUT2D eigenvalue weighted by molar-refractivity contribution is 0.287. The fourth-order valence-corrected chi connectivity index (χ4v) is 4.98. The lowest BCUT2D eigenvalue weighted by atomic mass is 9.87. The molecular weight excluding hydrogens is 318 g/mol.